The van der Waals surface area contributed by atoms with Crippen molar-refractivity contribution in [3.05, 3.63) is 378 Å². The van der Waals surface area contributed by atoms with Gasteiger partial charge in [0.25, 0.3) is 0 Å². The van der Waals surface area contributed by atoms with E-state index in [9.17, 15) is 0 Å². The average Bonchev–Trinajstić information content (AvgIpc) is 1.61. The summed E-state index contributed by atoms with van der Waals surface area (Å²) in [4.78, 5) is 80.0. The number of hydrogen-bond donors (Lipinski definition) is 12. The second-order valence-electron chi connectivity index (χ2n) is 31.0. The standard InChI is InChI=1S/C19H18N6.C18H15ClN6.C17H14N6.C17H17N5S.C16H13Cl2N5S.C16H14ClN5S/c1-2-14-12-18(24-19(20)23-14)22-15-3-4-17-13(11-15)7-10-25(17)16-5-8-21-9-6-16;1-11-16(19)17(24-18(20)22-11)23-13-2-3-15-12(10-13)6-9-25(15)14-4-7-21-8-5-14;18-17-20-9-5-16(22-17)21-13-1-2-15-12(11-13)6-10-23(15)14-3-7-19-8-4-14;1-2-12-11-16(22-17(18)21-12)20-13-3-5-14(6-4-13)23-15-7-9-19-10-8-15;1-9-6-14(23-16(19)21-9)22-10-7-12(17)15(13(18)8-10)24-11-2-4-20-5-3-11;1-10-14(17)15(22-16(18)20-10)21-11-2-4-12(5-3-11)23-13-6-8-19-9-7-13/h3-12H,2H2,1H3,(H3,20,22,23,24);2-10H,1H3,(H3,20,22,23,24);1-11H,(H3,18,20,21,22);3-11H,2H2,1H3,(H3,18,20,21,22);2-8H,1H3,(H3,19,21,22,23);2-9H,1H3,(H3,18,20,21,22). The van der Waals surface area contributed by atoms with Gasteiger partial charge in [-0.15, -0.1) is 0 Å². The summed E-state index contributed by atoms with van der Waals surface area (Å²) in [7, 11) is 0. The molecule has 0 saturated carbocycles. The largest absolute Gasteiger partial charge is 0.368 e. The number of benzene rings is 6. The second-order valence-corrected chi connectivity index (χ2v) is 36.0. The molecule has 0 aliphatic rings. The molecule has 0 radical (unpaired) electrons. The zero-order valence-corrected chi connectivity index (χ0v) is 82.7. The SMILES string of the molecule is CCc1cc(Nc2ccc(Sc3ccncc3)cc2)nc(N)n1.CCc1cc(Nc2ccc3c(ccn3-c3ccncc3)c2)nc(N)n1.Cc1cc(Nc2cc(Cl)c(Sc3ccncc3)c(Cl)c2)nc(N)n1.Cc1nc(N)nc(Nc2ccc(Sc3ccncc3)cc2)c1Cl.Cc1nc(N)nc(Nc2ccc3c(ccn3-c3ccncc3)c2)c1Cl.Nc1nccc(Nc2ccc3c(ccn3-c3ccncc3)c2)n1. The number of nitrogens with zero attached hydrogens (tertiary/aromatic N) is 21. The van der Waals surface area contributed by atoms with E-state index in [1.807, 2.05) is 185 Å². The van der Waals surface area contributed by atoms with Gasteiger partial charge in [0.1, 0.15) is 33.3 Å². The van der Waals surface area contributed by atoms with E-state index >= 15 is 0 Å². The van der Waals surface area contributed by atoms with Gasteiger partial charge in [-0.3, -0.25) is 29.9 Å². The van der Waals surface area contributed by atoms with Crippen LogP contribution in [0.1, 0.15) is 42.3 Å². The summed E-state index contributed by atoms with van der Waals surface area (Å²) < 4.78 is 6.38. The number of rotatable bonds is 23. The Morgan fingerprint density at radius 3 is 0.979 bits per heavy atom. The number of aromatic nitrogens is 21. The number of hydrogen-bond acceptors (Lipinski definition) is 33. The maximum Gasteiger partial charge on any atom is 0.222 e. The molecular weight excluding hydrogens is 1940 g/mol. The van der Waals surface area contributed by atoms with Crippen molar-refractivity contribution in [2.75, 3.05) is 66.3 Å². The van der Waals surface area contributed by atoms with Gasteiger partial charge in [-0.2, -0.15) is 29.9 Å². The molecule has 143 heavy (non-hydrogen) atoms. The van der Waals surface area contributed by atoms with E-state index in [2.05, 4.69) is 196 Å². The lowest BCUT2D eigenvalue weighted by Gasteiger charge is -2.11. The number of fused-ring (bicyclic) bond motifs is 3. The number of anilines is 18. The molecule has 21 rings (SSSR count). The summed E-state index contributed by atoms with van der Waals surface area (Å²) in [6.07, 6.45) is 30.7. The molecule has 33 nitrogen and oxygen atoms in total. The number of aryl methyl sites for hydroxylation is 5. The van der Waals surface area contributed by atoms with Gasteiger partial charge < -0.3 is 80.0 Å². The number of nitrogens with one attached hydrogen (secondary N) is 6. The summed E-state index contributed by atoms with van der Waals surface area (Å²) in [6, 6.07) is 75.4. The molecule has 6 aromatic carbocycles. The average molecular weight is 2030 g/mol. The van der Waals surface area contributed by atoms with Crippen LogP contribution in [0.25, 0.3) is 49.8 Å². The van der Waals surface area contributed by atoms with Gasteiger partial charge in [0.2, 0.25) is 35.7 Å². The third-order valence-corrected chi connectivity index (χ3v) is 25.7. The Morgan fingerprint density at radius 1 is 0.273 bits per heavy atom. The van der Waals surface area contributed by atoms with Crippen LogP contribution in [0, 0.1) is 20.8 Å². The Morgan fingerprint density at radius 2 is 0.587 bits per heavy atom. The van der Waals surface area contributed by atoms with Crippen LogP contribution in [0.4, 0.5) is 105 Å². The maximum atomic E-state index is 6.39. The van der Waals surface area contributed by atoms with Crippen molar-refractivity contribution in [2.24, 2.45) is 0 Å². The van der Waals surface area contributed by atoms with E-state index in [-0.39, 0.29) is 35.7 Å². The number of pyridine rings is 6. The molecular formula is C103H91Cl4N33S3. The van der Waals surface area contributed by atoms with Crippen molar-refractivity contribution >= 4 is 219 Å². The number of nitrogens with two attached hydrogens (primary N) is 6. The van der Waals surface area contributed by atoms with Crippen molar-refractivity contribution in [1.29, 1.82) is 0 Å². The molecule has 0 bridgehead atoms. The Labute approximate surface area is 854 Å². The first-order valence-electron chi connectivity index (χ1n) is 44.1. The van der Waals surface area contributed by atoms with Gasteiger partial charge >= 0.3 is 0 Å². The van der Waals surface area contributed by atoms with Gasteiger partial charge in [0.05, 0.1) is 38.0 Å². The van der Waals surface area contributed by atoms with E-state index in [1.165, 1.54) is 11.8 Å². The topological polar surface area (TPSA) is 475 Å². The van der Waals surface area contributed by atoms with Crippen LogP contribution in [-0.2, 0) is 12.8 Å². The summed E-state index contributed by atoms with van der Waals surface area (Å²) in [5.74, 6) is 5.09. The molecule has 0 amide bonds. The van der Waals surface area contributed by atoms with E-state index in [0.717, 1.165) is 143 Å². The van der Waals surface area contributed by atoms with Crippen molar-refractivity contribution in [1.82, 2.24) is 103 Å². The summed E-state index contributed by atoms with van der Waals surface area (Å²) >= 11 is 30.1. The van der Waals surface area contributed by atoms with Crippen molar-refractivity contribution in [3.63, 3.8) is 0 Å². The molecule has 15 heterocycles. The highest BCUT2D eigenvalue weighted by Crippen LogP contribution is 2.42. The first-order valence-corrected chi connectivity index (χ1v) is 48.1. The third kappa shape index (κ3) is 27.4. The normalized spacial score (nSPS) is 10.7. The molecule has 0 unspecified atom stereocenters. The Hall–Kier alpha value is -16.9. The molecule has 0 aliphatic carbocycles. The van der Waals surface area contributed by atoms with Gasteiger partial charge in [0, 0.05) is 231 Å². The minimum absolute atomic E-state index is 0.189. The molecule has 15 aromatic heterocycles. The highest BCUT2D eigenvalue weighted by atomic mass is 35.5. The molecule has 714 valence electrons. The lowest BCUT2D eigenvalue weighted by Crippen LogP contribution is -2.03. The van der Waals surface area contributed by atoms with Crippen LogP contribution in [-0.4, -0.2) is 103 Å². The smallest absolute Gasteiger partial charge is 0.222 e. The fourth-order valence-electron chi connectivity index (χ4n) is 14.2. The zero-order valence-electron chi connectivity index (χ0n) is 77.2. The minimum atomic E-state index is 0.189. The lowest BCUT2D eigenvalue weighted by atomic mass is 10.2. The lowest BCUT2D eigenvalue weighted by molar-refractivity contribution is 1.01. The van der Waals surface area contributed by atoms with Crippen LogP contribution < -0.4 is 66.3 Å². The molecule has 18 N–H and O–H groups in total. The van der Waals surface area contributed by atoms with Crippen LogP contribution in [0.5, 0.6) is 0 Å². The van der Waals surface area contributed by atoms with Gasteiger partial charge in [-0.25, -0.2) is 29.9 Å². The fourth-order valence-corrected chi connectivity index (χ4v) is 17.6. The molecule has 0 spiro atoms. The number of halogens is 4. The highest BCUT2D eigenvalue weighted by molar-refractivity contribution is 8.00. The maximum absolute atomic E-state index is 6.39. The predicted molar refractivity (Wildman–Crippen MR) is 579 cm³/mol. The summed E-state index contributed by atoms with van der Waals surface area (Å²) in [6.45, 7) is 9.51. The highest BCUT2D eigenvalue weighted by Gasteiger charge is 2.17. The number of nitrogen functional groups attached to an aromatic ring is 6. The molecule has 0 saturated heterocycles. The zero-order chi connectivity index (χ0) is 99.7. The molecule has 21 aromatic rings. The fraction of sp³-hybridized carbons (Fsp3) is 0.0680. The van der Waals surface area contributed by atoms with Gasteiger partial charge in [-0.1, -0.05) is 95.5 Å². The van der Waals surface area contributed by atoms with E-state index < -0.39 is 0 Å². The monoisotopic (exact) mass is 2030 g/mol. The summed E-state index contributed by atoms with van der Waals surface area (Å²) in [5.41, 5.74) is 50.0. The molecule has 0 atom stereocenters. The van der Waals surface area contributed by atoms with Crippen molar-refractivity contribution < 1.29 is 0 Å². The van der Waals surface area contributed by atoms with Crippen molar-refractivity contribution in [3.8, 4) is 17.1 Å². The molecule has 0 fully saturated rings. The minimum Gasteiger partial charge on any atom is -0.368 e. The van der Waals surface area contributed by atoms with Crippen molar-refractivity contribution in [2.45, 2.75) is 76.8 Å². The Kier molecular flexibility index (Phi) is 33.0. The van der Waals surface area contributed by atoms with Gasteiger partial charge in [0.15, 0.2) is 11.6 Å². The van der Waals surface area contributed by atoms with Crippen LogP contribution in [0.3, 0.4) is 0 Å². The summed E-state index contributed by atoms with van der Waals surface area (Å²) in [5, 5.41) is 24.7. The van der Waals surface area contributed by atoms with Gasteiger partial charge in [-0.05, 0) is 246 Å². The third-order valence-electron chi connectivity index (χ3n) is 20.8. The van der Waals surface area contributed by atoms with E-state index in [1.54, 1.807) is 142 Å². The van der Waals surface area contributed by atoms with E-state index in [0.29, 0.717) is 66.4 Å². The van der Waals surface area contributed by atoms with Crippen LogP contribution >= 0.6 is 81.7 Å². The van der Waals surface area contributed by atoms with E-state index in [4.69, 9.17) is 80.8 Å². The predicted octanol–water partition coefficient (Wildman–Crippen LogP) is 24.1. The second kappa shape index (κ2) is 47.7. The molecule has 40 heteroatoms. The Balaban J connectivity index is 0.000000123. The molecule has 0 aliphatic heterocycles. The first kappa shape index (κ1) is 99.2. The quantitative estimate of drug-likeness (QED) is 0.0283. The van der Waals surface area contributed by atoms with Crippen LogP contribution in [0.15, 0.2) is 359 Å². The first-order chi connectivity index (χ1) is 69.5. The van der Waals surface area contributed by atoms with Crippen LogP contribution in [0.2, 0.25) is 20.1 Å². The Bertz CT molecular complexity index is 7850.